The molecule has 0 heterocycles. The van der Waals surface area contributed by atoms with E-state index in [0.717, 1.165) is 47.3 Å². The minimum Gasteiger partial charge on any atom is -0.0651 e. The van der Waals surface area contributed by atoms with Crippen molar-refractivity contribution in [1.82, 2.24) is 0 Å². The van der Waals surface area contributed by atoms with Crippen LogP contribution in [0.15, 0.2) is 0 Å². The van der Waals surface area contributed by atoms with Crippen molar-refractivity contribution in [2.45, 2.75) is 162 Å². The van der Waals surface area contributed by atoms with Crippen molar-refractivity contribution in [2.24, 2.45) is 47.3 Å². The molecule has 0 aromatic rings. The van der Waals surface area contributed by atoms with Crippen molar-refractivity contribution >= 4 is 0 Å². The van der Waals surface area contributed by atoms with Crippen molar-refractivity contribution in [3.8, 4) is 0 Å². The van der Waals surface area contributed by atoms with Crippen molar-refractivity contribution in [3.63, 3.8) is 0 Å². The van der Waals surface area contributed by atoms with Gasteiger partial charge in [-0.15, -0.1) is 0 Å². The molecule has 0 aromatic heterocycles. The molecule has 0 aromatic carbocycles. The lowest BCUT2D eigenvalue weighted by Crippen LogP contribution is -2.40. The van der Waals surface area contributed by atoms with Crippen LogP contribution in [0, 0.1) is 47.3 Å². The van der Waals surface area contributed by atoms with Crippen LogP contribution in [0.4, 0.5) is 0 Å². The summed E-state index contributed by atoms with van der Waals surface area (Å²) >= 11 is 0. The molecule has 0 heteroatoms. The number of hydrogen-bond donors (Lipinski definition) is 0. The maximum atomic E-state index is 2.82. The van der Waals surface area contributed by atoms with Crippen LogP contribution in [0.1, 0.15) is 162 Å². The third-order valence-electron chi connectivity index (χ3n) is 11.5. The topological polar surface area (TPSA) is 0 Å². The van der Waals surface area contributed by atoms with E-state index < -0.39 is 0 Å². The molecule has 0 aliphatic heterocycles. The molecule has 192 valence electrons. The van der Waals surface area contributed by atoms with Gasteiger partial charge >= 0.3 is 0 Å². The molecule has 0 bridgehead atoms. The Morgan fingerprint density at radius 3 is 1.36 bits per heavy atom. The van der Waals surface area contributed by atoms with E-state index in [1.54, 1.807) is 57.8 Å². The van der Waals surface area contributed by atoms with Crippen molar-refractivity contribution < 1.29 is 0 Å². The minimum atomic E-state index is 0.977. The van der Waals surface area contributed by atoms with Crippen molar-refractivity contribution in [2.75, 3.05) is 0 Å². The average Bonchev–Trinajstić information content (AvgIpc) is 3.16. The summed E-state index contributed by atoms with van der Waals surface area (Å²) in [7, 11) is 0. The van der Waals surface area contributed by atoms with Gasteiger partial charge in [-0.3, -0.25) is 0 Å². The predicted molar refractivity (Wildman–Crippen MR) is 145 cm³/mol. The van der Waals surface area contributed by atoms with Gasteiger partial charge < -0.3 is 0 Å². The van der Waals surface area contributed by atoms with Gasteiger partial charge in [-0.25, -0.2) is 0 Å². The van der Waals surface area contributed by atoms with Gasteiger partial charge in [0.05, 0.1) is 0 Å². The van der Waals surface area contributed by atoms with Gasteiger partial charge in [0, 0.05) is 0 Å². The Bertz CT molecular complexity index is 496. The summed E-state index contributed by atoms with van der Waals surface area (Å²) in [5.41, 5.74) is 0. The fraction of sp³-hybridized carbons (Fsp3) is 1.00. The zero-order valence-electron chi connectivity index (χ0n) is 22.9. The van der Waals surface area contributed by atoms with Crippen LogP contribution in [-0.2, 0) is 0 Å². The third-order valence-corrected chi connectivity index (χ3v) is 11.5. The molecule has 33 heavy (non-hydrogen) atoms. The van der Waals surface area contributed by atoms with Crippen molar-refractivity contribution in [3.05, 3.63) is 0 Å². The molecule has 0 spiro atoms. The largest absolute Gasteiger partial charge is 0.0651 e. The Balaban J connectivity index is 1.58. The van der Waals surface area contributed by atoms with Crippen molar-refractivity contribution in [1.29, 1.82) is 0 Å². The first-order valence-electron chi connectivity index (χ1n) is 16.3. The second-order valence-electron chi connectivity index (χ2n) is 13.5. The van der Waals surface area contributed by atoms with Crippen LogP contribution < -0.4 is 0 Å². The molecule has 0 amide bonds. The van der Waals surface area contributed by atoms with Gasteiger partial charge in [0.15, 0.2) is 0 Å². The van der Waals surface area contributed by atoms with E-state index in [4.69, 9.17) is 0 Å². The van der Waals surface area contributed by atoms with Gasteiger partial charge in [0.25, 0.3) is 0 Å². The smallest absolute Gasteiger partial charge is 0.0326 e. The molecule has 4 aliphatic carbocycles. The Morgan fingerprint density at radius 1 is 0.485 bits per heavy atom. The molecule has 0 nitrogen and oxygen atoms in total. The Morgan fingerprint density at radius 2 is 0.879 bits per heavy atom. The normalized spacial score (nSPS) is 29.3. The standard InChI is InChI=1S/C33H60/c1-3-31(28-19-13-7-14-20-28)33(30-23-11-4-5-12-24-30)26(2)32(29-21-15-8-16-22-29)25-27-17-9-6-10-18-27/h26-33H,3-25H2,1-2H3/t26?,31?,32-,33?/m0/s1. The highest BCUT2D eigenvalue weighted by atomic mass is 14.5. The van der Waals surface area contributed by atoms with E-state index >= 15 is 0 Å². The summed E-state index contributed by atoms with van der Waals surface area (Å²) in [5, 5.41) is 0. The van der Waals surface area contributed by atoms with E-state index in [2.05, 4.69) is 13.8 Å². The highest BCUT2D eigenvalue weighted by Gasteiger charge is 2.42. The third kappa shape index (κ3) is 7.26. The SMILES string of the molecule is CCC(C1CCCCC1)C(C1CCCCCC1)C(C)[C@H](CC1CCCCC1)C1CCCCC1. The van der Waals surface area contributed by atoms with Gasteiger partial charge in [-0.1, -0.05) is 155 Å². The Kier molecular flexibility index (Phi) is 11.0. The molecule has 4 aliphatic rings. The Hall–Kier alpha value is 0. The zero-order valence-corrected chi connectivity index (χ0v) is 22.9. The van der Waals surface area contributed by atoms with E-state index in [1.165, 1.54) is 89.9 Å². The summed E-state index contributed by atoms with van der Waals surface area (Å²) in [4.78, 5) is 0. The second-order valence-corrected chi connectivity index (χ2v) is 13.5. The van der Waals surface area contributed by atoms with E-state index in [-0.39, 0.29) is 0 Å². The monoisotopic (exact) mass is 456 g/mol. The molecule has 4 saturated carbocycles. The van der Waals surface area contributed by atoms with Crippen LogP contribution in [0.25, 0.3) is 0 Å². The van der Waals surface area contributed by atoms with E-state index in [9.17, 15) is 0 Å². The molecule has 4 atom stereocenters. The lowest BCUT2D eigenvalue weighted by molar-refractivity contribution is 0.0158. The van der Waals surface area contributed by atoms with Gasteiger partial charge in [-0.05, 0) is 53.8 Å². The quantitative estimate of drug-likeness (QED) is 0.302. The molecular formula is C33H60. The Labute approximate surface area is 208 Å². The fourth-order valence-electron chi connectivity index (χ4n) is 9.84. The number of hydrogen-bond acceptors (Lipinski definition) is 0. The maximum Gasteiger partial charge on any atom is -0.0326 e. The van der Waals surface area contributed by atoms with Crippen LogP contribution in [-0.4, -0.2) is 0 Å². The molecule has 0 radical (unpaired) electrons. The first-order chi connectivity index (χ1) is 16.3. The van der Waals surface area contributed by atoms with Crippen LogP contribution in [0.3, 0.4) is 0 Å². The van der Waals surface area contributed by atoms with Gasteiger partial charge in [0.2, 0.25) is 0 Å². The molecule has 0 saturated heterocycles. The summed E-state index contributed by atoms with van der Waals surface area (Å²) in [6.07, 6.45) is 35.4. The van der Waals surface area contributed by atoms with Crippen LogP contribution >= 0.6 is 0 Å². The number of rotatable bonds is 9. The fourth-order valence-corrected chi connectivity index (χ4v) is 9.84. The molecule has 3 unspecified atom stereocenters. The molecular weight excluding hydrogens is 396 g/mol. The lowest BCUT2D eigenvalue weighted by Gasteiger charge is -2.48. The van der Waals surface area contributed by atoms with E-state index in [0.29, 0.717) is 0 Å². The van der Waals surface area contributed by atoms with Gasteiger partial charge in [-0.2, -0.15) is 0 Å². The summed E-state index contributed by atoms with van der Waals surface area (Å²) in [6.45, 7) is 5.41. The maximum absolute atomic E-state index is 2.82. The van der Waals surface area contributed by atoms with Crippen LogP contribution in [0.2, 0.25) is 0 Å². The highest BCUT2D eigenvalue weighted by molar-refractivity contribution is 4.92. The second kappa shape index (κ2) is 13.9. The summed E-state index contributed by atoms with van der Waals surface area (Å²) in [5.74, 6) is 8.32. The van der Waals surface area contributed by atoms with E-state index in [1.807, 2.05) is 0 Å². The molecule has 4 rings (SSSR count). The average molecular weight is 457 g/mol. The minimum absolute atomic E-state index is 0.977. The zero-order chi connectivity index (χ0) is 22.9. The first kappa shape index (κ1) is 26.1. The van der Waals surface area contributed by atoms with Crippen LogP contribution in [0.5, 0.6) is 0 Å². The first-order valence-corrected chi connectivity index (χ1v) is 16.3. The highest BCUT2D eigenvalue weighted by Crippen LogP contribution is 2.51. The summed E-state index contributed by atoms with van der Waals surface area (Å²) < 4.78 is 0. The molecule has 4 fully saturated rings. The molecule has 0 N–H and O–H groups in total. The van der Waals surface area contributed by atoms with Gasteiger partial charge in [0.1, 0.15) is 0 Å². The predicted octanol–water partition coefficient (Wildman–Crippen LogP) is 11.0. The summed E-state index contributed by atoms with van der Waals surface area (Å²) in [6, 6.07) is 0. The lowest BCUT2D eigenvalue weighted by atomic mass is 9.58.